The van der Waals surface area contributed by atoms with Gasteiger partial charge in [-0.05, 0) is 106 Å². The van der Waals surface area contributed by atoms with Gasteiger partial charge in [0.2, 0.25) is 0 Å². The van der Waals surface area contributed by atoms with Crippen molar-refractivity contribution < 1.29 is 14.0 Å². The van der Waals surface area contributed by atoms with E-state index in [9.17, 15) is 9.28 Å². The van der Waals surface area contributed by atoms with Gasteiger partial charge in [-0.2, -0.15) is 0 Å². The lowest BCUT2D eigenvalue weighted by atomic mass is 9.80. The van der Waals surface area contributed by atoms with Crippen LogP contribution in [0.1, 0.15) is 106 Å². The number of methoxy groups -OCH3 is 1. The molecule has 4 nitrogen and oxygen atoms in total. The van der Waals surface area contributed by atoms with E-state index in [-0.39, 0.29) is 16.4 Å². The summed E-state index contributed by atoms with van der Waals surface area (Å²) in [6, 6.07) is 12.0. The number of aldehydes is 1. The van der Waals surface area contributed by atoms with E-state index in [1.54, 1.807) is 14.0 Å². The Hall–Kier alpha value is -2.22. The van der Waals surface area contributed by atoms with Gasteiger partial charge >= 0.3 is 0 Å². The van der Waals surface area contributed by atoms with E-state index in [1.807, 2.05) is 58.9 Å². The molecule has 2 aromatic rings. The predicted octanol–water partition coefficient (Wildman–Crippen LogP) is 10.7. The van der Waals surface area contributed by atoms with Crippen LogP contribution < -0.4 is 10.0 Å². The zero-order chi connectivity index (χ0) is 33.7. The van der Waals surface area contributed by atoms with Crippen molar-refractivity contribution in [3.63, 3.8) is 0 Å². The molecule has 0 amide bonds. The first kappa shape index (κ1) is 39.8. The number of hydrogen-bond donors (Lipinski definition) is 2. The maximum Gasteiger partial charge on any atom is 0.119 e. The van der Waals surface area contributed by atoms with Gasteiger partial charge in [-0.15, -0.1) is 25.3 Å². The van der Waals surface area contributed by atoms with Gasteiger partial charge in [-0.25, -0.2) is 5.12 Å². The lowest BCUT2D eigenvalue weighted by Crippen LogP contribution is -2.27. The second-order valence-corrected chi connectivity index (χ2v) is 13.9. The van der Waals surface area contributed by atoms with E-state index in [4.69, 9.17) is 4.74 Å². The summed E-state index contributed by atoms with van der Waals surface area (Å²) < 4.78 is 19.5. The first-order valence-electron chi connectivity index (χ1n) is 15.8. The van der Waals surface area contributed by atoms with Crippen LogP contribution in [0.2, 0.25) is 0 Å². The summed E-state index contributed by atoms with van der Waals surface area (Å²) in [6.45, 7) is 21.8. The molecule has 1 heterocycles. The minimum Gasteiger partial charge on any atom is -0.379 e. The van der Waals surface area contributed by atoms with Gasteiger partial charge in [0.1, 0.15) is 6.29 Å². The SMILES string of the molecule is CC.CCN(F)c1ccc(S)cc1C(C)(C)C/C=C/C=C1/N(CCCCC=O)c2ccc(S)cc2C1(C)C.COC(C)(C)C. The van der Waals surface area contributed by atoms with Crippen LogP contribution in [0.5, 0.6) is 0 Å². The van der Waals surface area contributed by atoms with Crippen LogP contribution in [0.4, 0.5) is 15.9 Å². The topological polar surface area (TPSA) is 32.8 Å². The molecule has 0 fully saturated rings. The van der Waals surface area contributed by atoms with Gasteiger partial charge in [0, 0.05) is 53.2 Å². The fraction of sp³-hybridized carbons (Fsp3) is 0.541. The number of ether oxygens (including phenoxy) is 1. The highest BCUT2D eigenvalue weighted by atomic mass is 32.1. The van der Waals surface area contributed by atoms with Crippen LogP contribution in [0.15, 0.2) is 70.1 Å². The molecule has 44 heavy (non-hydrogen) atoms. The molecule has 0 atom stereocenters. The third-order valence-electron chi connectivity index (χ3n) is 7.71. The largest absolute Gasteiger partial charge is 0.379 e. The monoisotopic (exact) mass is 644 g/mol. The standard InChI is InChI=1S/C30H39FN2OS2.C5H12O.C2H6/c1-6-33(31)27-16-14-22(35)20-24(27)29(2,3)17-9-8-12-28-30(4,5)25-21-23(36)13-15-26(25)32(28)18-10-7-11-19-34;1-5(2,3)6-4;1-2/h8-9,12-16,19-21,35-36H,6-7,10-11,17-18H2,1-5H3;1-4H3;1-2H3/b9-8+,28-12+;;. The molecule has 0 aromatic heterocycles. The maximum absolute atomic E-state index is 14.6. The number of rotatable bonds is 11. The summed E-state index contributed by atoms with van der Waals surface area (Å²) in [7, 11) is 1.71. The fourth-order valence-corrected chi connectivity index (χ4v) is 5.39. The lowest BCUT2D eigenvalue weighted by Gasteiger charge is -2.29. The number of allylic oxidation sites excluding steroid dienone is 4. The minimum absolute atomic E-state index is 0.0417. The first-order chi connectivity index (χ1) is 20.6. The number of hydrogen-bond acceptors (Lipinski definition) is 6. The van der Waals surface area contributed by atoms with Crippen molar-refractivity contribution in [2.45, 2.75) is 121 Å². The molecule has 0 saturated carbocycles. The number of carbonyl (C=O) groups excluding carboxylic acids is 1. The van der Waals surface area contributed by atoms with E-state index >= 15 is 0 Å². The summed E-state index contributed by atoms with van der Waals surface area (Å²) in [4.78, 5) is 15.0. The summed E-state index contributed by atoms with van der Waals surface area (Å²) in [5.74, 6) is 0. The second kappa shape index (κ2) is 18.1. The Morgan fingerprint density at radius 3 is 2.16 bits per heavy atom. The average Bonchev–Trinajstić information content (AvgIpc) is 3.18. The summed E-state index contributed by atoms with van der Waals surface area (Å²) >= 11 is 9.08. The van der Waals surface area contributed by atoms with E-state index in [1.165, 1.54) is 16.9 Å². The van der Waals surface area contributed by atoms with Crippen LogP contribution in [0, 0.1) is 0 Å². The highest BCUT2D eigenvalue weighted by molar-refractivity contribution is 7.80. The molecule has 1 aliphatic heterocycles. The molecule has 0 spiro atoms. The molecule has 0 unspecified atom stereocenters. The fourth-order valence-electron chi connectivity index (χ4n) is 4.98. The van der Waals surface area contributed by atoms with Crippen molar-refractivity contribution in [1.29, 1.82) is 0 Å². The van der Waals surface area contributed by atoms with Crippen LogP contribution in [-0.2, 0) is 20.4 Å². The molecule has 0 N–H and O–H groups in total. The molecule has 1 aliphatic rings. The molecule has 246 valence electrons. The summed E-state index contributed by atoms with van der Waals surface area (Å²) in [6.07, 6.45) is 10.7. The molecule has 0 bridgehead atoms. The van der Waals surface area contributed by atoms with Crippen molar-refractivity contribution in [1.82, 2.24) is 0 Å². The Morgan fingerprint density at radius 2 is 1.59 bits per heavy atom. The van der Waals surface area contributed by atoms with Gasteiger partial charge in [0.15, 0.2) is 0 Å². The summed E-state index contributed by atoms with van der Waals surface area (Å²) in [5.41, 5.74) is 4.86. The predicted molar refractivity (Wildman–Crippen MR) is 195 cm³/mol. The number of carbonyl (C=O) groups is 1. The van der Waals surface area contributed by atoms with Crippen LogP contribution in [0.25, 0.3) is 0 Å². The van der Waals surface area contributed by atoms with E-state index in [0.717, 1.165) is 52.6 Å². The molecular formula is C37H57FN2O2S2. The Labute approximate surface area is 278 Å². The number of anilines is 2. The third kappa shape index (κ3) is 11.3. The molecule has 0 radical (unpaired) electrons. The number of halogens is 1. The number of unbranched alkanes of at least 4 members (excludes halogenated alkanes) is 2. The van der Waals surface area contributed by atoms with Crippen molar-refractivity contribution in [2.75, 3.05) is 30.2 Å². The minimum atomic E-state index is -0.272. The molecular weight excluding hydrogens is 588 g/mol. The van der Waals surface area contributed by atoms with Crippen molar-refractivity contribution >= 4 is 42.9 Å². The van der Waals surface area contributed by atoms with E-state index in [2.05, 4.69) is 88.2 Å². The quantitative estimate of drug-likeness (QED) is 0.110. The van der Waals surface area contributed by atoms with Crippen LogP contribution >= 0.6 is 25.3 Å². The lowest BCUT2D eigenvalue weighted by molar-refractivity contribution is -0.107. The molecule has 0 aliphatic carbocycles. The van der Waals surface area contributed by atoms with Crippen molar-refractivity contribution in [3.05, 3.63) is 71.5 Å². The number of benzene rings is 2. The number of nitrogens with zero attached hydrogens (tertiary/aromatic N) is 2. The van der Waals surface area contributed by atoms with Gasteiger partial charge in [0.25, 0.3) is 0 Å². The van der Waals surface area contributed by atoms with Crippen molar-refractivity contribution in [3.8, 4) is 0 Å². The molecule has 7 heteroatoms. The van der Waals surface area contributed by atoms with Gasteiger partial charge < -0.3 is 14.4 Å². The van der Waals surface area contributed by atoms with E-state index in [0.29, 0.717) is 18.7 Å². The zero-order valence-corrected chi connectivity index (χ0v) is 30.8. The van der Waals surface area contributed by atoms with Crippen LogP contribution in [-0.4, -0.2) is 32.1 Å². The smallest absolute Gasteiger partial charge is 0.119 e. The van der Waals surface area contributed by atoms with Crippen molar-refractivity contribution in [2.24, 2.45) is 0 Å². The highest BCUT2D eigenvalue weighted by Gasteiger charge is 2.39. The van der Waals surface area contributed by atoms with Gasteiger partial charge in [0.05, 0.1) is 11.3 Å². The molecule has 3 rings (SSSR count). The zero-order valence-electron chi connectivity index (χ0n) is 29.0. The molecule has 2 aromatic carbocycles. The first-order valence-corrected chi connectivity index (χ1v) is 16.7. The Kier molecular flexibility index (Phi) is 16.3. The number of thiol groups is 2. The highest BCUT2D eigenvalue weighted by Crippen LogP contribution is 2.48. The van der Waals surface area contributed by atoms with E-state index < -0.39 is 0 Å². The van der Waals surface area contributed by atoms with Crippen LogP contribution in [0.3, 0.4) is 0 Å². The van der Waals surface area contributed by atoms with Gasteiger partial charge in [-0.3, -0.25) is 0 Å². The Bertz CT molecular complexity index is 1250. The summed E-state index contributed by atoms with van der Waals surface area (Å²) in [5, 5.41) is 0.798. The Morgan fingerprint density at radius 1 is 1.00 bits per heavy atom. The Balaban J connectivity index is 0.00000108. The number of fused-ring (bicyclic) bond motifs is 1. The normalized spacial score (nSPS) is 15.0. The maximum atomic E-state index is 14.6. The van der Waals surface area contributed by atoms with Gasteiger partial charge in [-0.1, -0.05) is 58.2 Å². The third-order valence-corrected chi connectivity index (χ3v) is 8.26. The molecule has 0 saturated heterocycles. The second-order valence-electron chi connectivity index (χ2n) is 12.9. The average molecular weight is 645 g/mol.